The normalized spacial score (nSPS) is 15.4. The Kier molecular flexibility index (Phi) is 9.68. The molecule has 4 aromatic rings. The highest BCUT2D eigenvalue weighted by Gasteiger charge is 2.39. The Morgan fingerprint density at radius 1 is 0.940 bits per heavy atom. The molecule has 1 unspecified atom stereocenters. The van der Waals surface area contributed by atoms with Crippen LogP contribution >= 0.6 is 0 Å². The molecule has 1 aromatic heterocycles. The zero-order chi connectivity index (χ0) is 36.8. The summed E-state index contributed by atoms with van der Waals surface area (Å²) in [6.07, 6.45) is -14.6. The van der Waals surface area contributed by atoms with Crippen molar-refractivity contribution in [2.75, 3.05) is 23.5 Å². The van der Waals surface area contributed by atoms with Gasteiger partial charge < -0.3 is 19.6 Å². The van der Waals surface area contributed by atoms with Gasteiger partial charge in [-0.15, -0.1) is 5.10 Å². The Labute approximate surface area is 278 Å². The van der Waals surface area contributed by atoms with E-state index in [0.717, 1.165) is 18.0 Å². The van der Waals surface area contributed by atoms with Gasteiger partial charge in [0.1, 0.15) is 11.3 Å². The van der Waals surface area contributed by atoms with E-state index in [1.165, 1.54) is 43.1 Å². The number of benzene rings is 3. The van der Waals surface area contributed by atoms with Crippen molar-refractivity contribution in [3.63, 3.8) is 0 Å². The van der Waals surface area contributed by atoms with Crippen molar-refractivity contribution in [2.24, 2.45) is 7.05 Å². The number of hydrogen-bond donors (Lipinski definition) is 1. The van der Waals surface area contributed by atoms with Crippen LogP contribution in [0.4, 0.5) is 51.1 Å². The molecule has 0 fully saturated rings. The van der Waals surface area contributed by atoms with Crippen molar-refractivity contribution in [1.29, 1.82) is 0 Å². The molecule has 0 saturated carbocycles. The van der Waals surface area contributed by atoms with Crippen molar-refractivity contribution in [2.45, 2.75) is 57.4 Å². The average molecular weight is 717 g/mol. The van der Waals surface area contributed by atoms with E-state index in [-0.39, 0.29) is 66.1 Å². The molecule has 1 aliphatic heterocycles. The molecule has 1 aliphatic rings. The van der Waals surface area contributed by atoms with Gasteiger partial charge in [-0.05, 0) is 83.6 Å². The van der Waals surface area contributed by atoms with Crippen LogP contribution in [0, 0.1) is 6.92 Å². The summed E-state index contributed by atoms with van der Waals surface area (Å²) in [5.74, 6) is -1.39. The first-order chi connectivity index (χ1) is 23.3. The van der Waals surface area contributed by atoms with Gasteiger partial charge in [0.25, 0.3) is 5.95 Å². The van der Waals surface area contributed by atoms with Crippen molar-refractivity contribution < 1.29 is 54.2 Å². The number of alkyl halides is 9. The van der Waals surface area contributed by atoms with E-state index in [2.05, 4.69) is 15.4 Å². The number of anilines is 2. The number of methoxy groups -OCH3 is 1. The van der Waals surface area contributed by atoms with Crippen LogP contribution in [0.15, 0.2) is 48.5 Å². The van der Waals surface area contributed by atoms with Crippen molar-refractivity contribution in [3.05, 3.63) is 93.0 Å². The number of fused-ring (bicyclic) bond motifs is 1. The minimum absolute atomic E-state index is 0.00417. The molecule has 1 atom stereocenters. The summed E-state index contributed by atoms with van der Waals surface area (Å²) in [4.78, 5) is 16.2. The largest absolute Gasteiger partial charge is 0.507 e. The zero-order valence-corrected chi connectivity index (χ0v) is 26.6. The molecule has 9 nitrogen and oxygen atoms in total. The van der Waals surface area contributed by atoms with E-state index in [0.29, 0.717) is 17.7 Å². The third-order valence-electron chi connectivity index (χ3n) is 8.26. The number of carbonyl (C=O) groups is 1. The SMILES string of the molecule is COC(=O)c1cc(CN2CCCC(N(Cc3cc(C(F)(F)F)cc(C(F)(F)F)c3)c3nnn(C)n3)c3cc(C)c(C(F)(F)F)cc32)ccc1O. The Morgan fingerprint density at radius 2 is 1.60 bits per heavy atom. The summed E-state index contributed by atoms with van der Waals surface area (Å²) in [5.41, 5.74) is -3.99. The van der Waals surface area contributed by atoms with E-state index in [9.17, 15) is 49.4 Å². The first-order valence-electron chi connectivity index (χ1n) is 14.9. The highest BCUT2D eigenvalue weighted by Crippen LogP contribution is 2.44. The summed E-state index contributed by atoms with van der Waals surface area (Å²) < 4.78 is 130. The van der Waals surface area contributed by atoms with Crippen LogP contribution in [0.5, 0.6) is 5.75 Å². The molecule has 3 aromatic carbocycles. The van der Waals surface area contributed by atoms with E-state index >= 15 is 0 Å². The van der Waals surface area contributed by atoms with E-state index < -0.39 is 59.3 Å². The first kappa shape index (κ1) is 36.3. The number of esters is 1. The number of rotatable bonds is 7. The maximum absolute atomic E-state index is 14.3. The van der Waals surface area contributed by atoms with Crippen molar-refractivity contribution in [1.82, 2.24) is 20.2 Å². The van der Waals surface area contributed by atoms with Gasteiger partial charge in [-0.2, -0.15) is 44.3 Å². The fourth-order valence-corrected chi connectivity index (χ4v) is 6.00. The molecular formula is C32H29F9N6O3. The number of phenols is 1. The van der Waals surface area contributed by atoms with Crippen LogP contribution < -0.4 is 9.80 Å². The lowest BCUT2D eigenvalue weighted by Crippen LogP contribution is -2.30. The number of phenolic OH excluding ortho intramolecular Hbond substituents is 1. The highest BCUT2D eigenvalue weighted by molar-refractivity contribution is 5.92. The molecule has 0 bridgehead atoms. The van der Waals surface area contributed by atoms with E-state index in [4.69, 9.17) is 4.74 Å². The van der Waals surface area contributed by atoms with E-state index in [1.54, 1.807) is 4.90 Å². The predicted octanol–water partition coefficient (Wildman–Crippen LogP) is 7.62. The number of hydrogen-bond acceptors (Lipinski definition) is 8. The van der Waals surface area contributed by atoms with Crippen molar-refractivity contribution in [3.8, 4) is 5.75 Å². The quantitative estimate of drug-likeness (QED) is 0.154. The van der Waals surface area contributed by atoms with Crippen molar-refractivity contribution >= 4 is 17.6 Å². The number of aromatic nitrogens is 4. The van der Waals surface area contributed by atoms with Gasteiger partial charge in [-0.1, -0.05) is 17.2 Å². The molecule has 50 heavy (non-hydrogen) atoms. The minimum Gasteiger partial charge on any atom is -0.507 e. The second kappa shape index (κ2) is 13.4. The van der Waals surface area contributed by atoms with Gasteiger partial charge in [0.15, 0.2) is 0 Å². The van der Waals surface area contributed by atoms with Crippen LogP contribution in [0.25, 0.3) is 0 Å². The van der Waals surface area contributed by atoms with Gasteiger partial charge in [0.05, 0.1) is 36.9 Å². The fraction of sp³-hybridized carbons (Fsp3) is 0.375. The third kappa shape index (κ3) is 7.73. The number of carbonyl (C=O) groups excluding carboxylic acids is 1. The number of tetrazole rings is 1. The van der Waals surface area contributed by atoms with Gasteiger partial charge in [-0.25, -0.2) is 4.79 Å². The maximum Gasteiger partial charge on any atom is 0.416 e. The van der Waals surface area contributed by atoms with Gasteiger partial charge in [-0.3, -0.25) is 0 Å². The van der Waals surface area contributed by atoms with Crippen LogP contribution in [0.2, 0.25) is 0 Å². The first-order valence-corrected chi connectivity index (χ1v) is 14.9. The molecule has 0 amide bonds. The molecule has 0 saturated heterocycles. The van der Waals surface area contributed by atoms with Crippen LogP contribution in [0.3, 0.4) is 0 Å². The fourth-order valence-electron chi connectivity index (χ4n) is 6.00. The lowest BCUT2D eigenvalue weighted by atomic mass is 9.94. The summed E-state index contributed by atoms with van der Waals surface area (Å²) in [6.45, 7) is 0.757. The molecule has 0 radical (unpaired) electrons. The Morgan fingerprint density at radius 3 is 2.16 bits per heavy atom. The monoisotopic (exact) mass is 716 g/mol. The van der Waals surface area contributed by atoms with Gasteiger partial charge in [0, 0.05) is 25.3 Å². The number of aryl methyl sites for hydroxylation is 2. The molecule has 5 rings (SSSR count). The second-order valence-electron chi connectivity index (χ2n) is 11.8. The molecule has 18 heteroatoms. The lowest BCUT2D eigenvalue weighted by Gasteiger charge is -2.33. The van der Waals surface area contributed by atoms with Crippen LogP contribution in [-0.4, -0.2) is 44.9 Å². The zero-order valence-electron chi connectivity index (χ0n) is 26.6. The lowest BCUT2D eigenvalue weighted by molar-refractivity contribution is -0.143. The smallest absolute Gasteiger partial charge is 0.416 e. The van der Waals surface area contributed by atoms with Gasteiger partial charge in [0.2, 0.25) is 0 Å². The van der Waals surface area contributed by atoms with E-state index in [1.807, 2.05) is 0 Å². The standard InChI is InChI=1S/C32H29F9N6O3/c1-17-9-22-25(47(29-42-44-45(2)43-29)16-19-10-20(30(33,34)35)13-21(11-19)31(36,37)38)5-4-8-46(26(22)14-24(17)32(39,40)41)15-18-6-7-27(48)23(12-18)28(49)50-3/h6-7,9-14,25,48H,4-5,8,15-16H2,1-3H3. The van der Waals surface area contributed by atoms with Crippen LogP contribution in [-0.2, 0) is 43.4 Å². The van der Waals surface area contributed by atoms with Crippen LogP contribution in [0.1, 0.15) is 68.2 Å². The predicted molar refractivity (Wildman–Crippen MR) is 160 cm³/mol. The number of aromatic hydroxyl groups is 1. The molecule has 0 spiro atoms. The molecule has 268 valence electrons. The summed E-state index contributed by atoms with van der Waals surface area (Å²) in [5, 5.41) is 22.1. The number of ether oxygens (including phenoxy) is 1. The maximum atomic E-state index is 14.3. The topological polar surface area (TPSA) is 96.6 Å². The number of halogens is 9. The average Bonchev–Trinajstić information content (AvgIpc) is 3.38. The third-order valence-corrected chi connectivity index (χ3v) is 8.26. The summed E-state index contributed by atoms with van der Waals surface area (Å²) >= 11 is 0. The molecule has 1 N–H and O–H groups in total. The minimum atomic E-state index is -5.12. The molecule has 2 heterocycles. The Bertz CT molecular complexity index is 1860. The molecular weight excluding hydrogens is 687 g/mol. The highest BCUT2D eigenvalue weighted by atomic mass is 19.4. The number of nitrogens with zero attached hydrogens (tertiary/aromatic N) is 6. The second-order valence-corrected chi connectivity index (χ2v) is 11.8. The summed E-state index contributed by atoms with van der Waals surface area (Å²) in [6, 6.07) is 6.49. The summed E-state index contributed by atoms with van der Waals surface area (Å²) in [7, 11) is 2.51. The van der Waals surface area contributed by atoms with Gasteiger partial charge >= 0.3 is 24.5 Å². The Balaban J connectivity index is 1.66. The molecule has 0 aliphatic carbocycles. The Hall–Kier alpha value is -5.03.